The normalized spacial score (nSPS) is 13.7. The van der Waals surface area contributed by atoms with Gasteiger partial charge in [0.05, 0.1) is 5.92 Å². The first-order chi connectivity index (χ1) is 8.32. The molecule has 0 fully saturated rings. The number of nitrogens with one attached hydrogen (secondary N) is 1. The molecule has 6 heteroatoms. The molecule has 6 nitrogen and oxygen atoms in total. The van der Waals surface area contributed by atoms with Gasteiger partial charge in [0.15, 0.2) is 0 Å². The van der Waals surface area contributed by atoms with E-state index in [1.807, 2.05) is 0 Å². The van der Waals surface area contributed by atoms with Crippen molar-refractivity contribution in [3.63, 3.8) is 0 Å². The summed E-state index contributed by atoms with van der Waals surface area (Å²) in [5.74, 6) is -2.12. The second kappa shape index (κ2) is 5.48. The predicted molar refractivity (Wildman–Crippen MR) is 65.4 cm³/mol. The Labute approximate surface area is 104 Å². The first-order valence-electron chi connectivity index (χ1n) is 5.53. The summed E-state index contributed by atoms with van der Waals surface area (Å²) in [6.45, 7) is 3.12. The minimum atomic E-state index is -0.980. The van der Waals surface area contributed by atoms with Gasteiger partial charge >= 0.3 is 5.97 Å². The zero-order chi connectivity index (χ0) is 13.9. The molecule has 1 amide bonds. The topological polar surface area (TPSA) is 88.4 Å². The van der Waals surface area contributed by atoms with Crippen molar-refractivity contribution in [1.29, 1.82) is 0 Å². The van der Waals surface area contributed by atoms with Gasteiger partial charge in [0.2, 0.25) is 0 Å². The van der Waals surface area contributed by atoms with Crippen LogP contribution in [-0.4, -0.2) is 27.6 Å². The van der Waals surface area contributed by atoms with Crippen LogP contribution in [-0.2, 0) is 11.8 Å². The Bertz CT molecular complexity index is 521. The third-order valence-electron chi connectivity index (χ3n) is 2.86. The monoisotopic (exact) mass is 252 g/mol. The number of hydrogen-bond donors (Lipinski definition) is 2. The largest absolute Gasteiger partial charge is 0.481 e. The lowest BCUT2D eigenvalue weighted by Crippen LogP contribution is -2.40. The van der Waals surface area contributed by atoms with Crippen LogP contribution in [0.15, 0.2) is 23.1 Å². The highest BCUT2D eigenvalue weighted by Gasteiger charge is 2.21. The summed E-state index contributed by atoms with van der Waals surface area (Å²) in [6, 6.07) is 2.21. The number of carbonyl (C=O) groups is 2. The van der Waals surface area contributed by atoms with E-state index < -0.39 is 23.8 Å². The maximum absolute atomic E-state index is 11.8. The van der Waals surface area contributed by atoms with Crippen LogP contribution in [0.1, 0.15) is 24.2 Å². The van der Waals surface area contributed by atoms with Gasteiger partial charge in [0.25, 0.3) is 11.5 Å². The zero-order valence-corrected chi connectivity index (χ0v) is 10.5. The second-order valence-electron chi connectivity index (χ2n) is 4.25. The molecular weight excluding hydrogens is 236 g/mol. The standard InChI is InChI=1S/C12H16N2O4/c1-7(12(17)18)8(2)13-11(16)9-4-5-14(3)10(15)6-9/h4-8H,1-3H3,(H,13,16)(H,17,18). The van der Waals surface area contributed by atoms with Crippen molar-refractivity contribution in [1.82, 2.24) is 9.88 Å². The lowest BCUT2D eigenvalue weighted by atomic mass is 10.0. The van der Waals surface area contributed by atoms with Crippen molar-refractivity contribution < 1.29 is 14.7 Å². The first-order valence-corrected chi connectivity index (χ1v) is 5.53. The molecule has 0 aliphatic heterocycles. The maximum atomic E-state index is 11.8. The summed E-state index contributed by atoms with van der Waals surface area (Å²) in [5, 5.41) is 11.4. The van der Waals surface area contributed by atoms with Gasteiger partial charge in [-0.15, -0.1) is 0 Å². The number of aryl methyl sites for hydroxylation is 1. The van der Waals surface area contributed by atoms with Gasteiger partial charge in [-0.2, -0.15) is 0 Å². The van der Waals surface area contributed by atoms with Crippen molar-refractivity contribution in [3.8, 4) is 0 Å². The number of hydrogen-bond acceptors (Lipinski definition) is 3. The Morgan fingerprint density at radius 2 is 2.00 bits per heavy atom. The van der Waals surface area contributed by atoms with E-state index in [4.69, 9.17) is 5.11 Å². The fourth-order valence-corrected chi connectivity index (χ4v) is 1.32. The molecule has 0 aromatic carbocycles. The van der Waals surface area contributed by atoms with Crippen LogP contribution < -0.4 is 10.9 Å². The van der Waals surface area contributed by atoms with Crippen LogP contribution >= 0.6 is 0 Å². The Morgan fingerprint density at radius 3 is 2.50 bits per heavy atom. The Morgan fingerprint density at radius 1 is 1.39 bits per heavy atom. The molecule has 1 aromatic rings. The number of carboxylic acids is 1. The average Bonchev–Trinajstić information content (AvgIpc) is 2.31. The molecular formula is C12H16N2O4. The summed E-state index contributed by atoms with van der Waals surface area (Å²) in [4.78, 5) is 33.9. The lowest BCUT2D eigenvalue weighted by molar-refractivity contribution is -0.141. The number of aromatic nitrogens is 1. The summed E-state index contributed by atoms with van der Waals surface area (Å²) in [5.41, 5.74) is -0.0656. The minimum Gasteiger partial charge on any atom is -0.481 e. The maximum Gasteiger partial charge on any atom is 0.308 e. The van der Waals surface area contributed by atoms with E-state index in [0.717, 1.165) is 0 Å². The molecule has 0 radical (unpaired) electrons. The van der Waals surface area contributed by atoms with Crippen LogP contribution in [0, 0.1) is 5.92 Å². The first kappa shape index (κ1) is 14.0. The number of aliphatic carboxylic acids is 1. The van der Waals surface area contributed by atoms with Crippen molar-refractivity contribution >= 4 is 11.9 Å². The molecule has 98 valence electrons. The van der Waals surface area contributed by atoms with E-state index >= 15 is 0 Å². The van der Waals surface area contributed by atoms with E-state index in [9.17, 15) is 14.4 Å². The quantitative estimate of drug-likeness (QED) is 0.802. The highest BCUT2D eigenvalue weighted by molar-refractivity contribution is 5.94. The average molecular weight is 252 g/mol. The Balaban J connectivity index is 2.79. The fraction of sp³-hybridized carbons (Fsp3) is 0.417. The molecule has 1 aromatic heterocycles. The third-order valence-corrected chi connectivity index (χ3v) is 2.86. The van der Waals surface area contributed by atoms with E-state index in [0.29, 0.717) is 0 Å². The van der Waals surface area contributed by atoms with Gasteiger partial charge in [-0.25, -0.2) is 0 Å². The molecule has 2 N–H and O–H groups in total. The lowest BCUT2D eigenvalue weighted by Gasteiger charge is -2.17. The highest BCUT2D eigenvalue weighted by Crippen LogP contribution is 2.04. The summed E-state index contributed by atoms with van der Waals surface area (Å²) in [7, 11) is 1.58. The molecule has 0 saturated carbocycles. The van der Waals surface area contributed by atoms with Gasteiger partial charge in [0.1, 0.15) is 0 Å². The Hall–Kier alpha value is -2.11. The number of nitrogens with zero attached hydrogens (tertiary/aromatic N) is 1. The number of carbonyl (C=O) groups excluding carboxylic acids is 1. The molecule has 18 heavy (non-hydrogen) atoms. The number of carboxylic acid groups (broad SMARTS) is 1. The van der Waals surface area contributed by atoms with Gasteiger partial charge < -0.3 is 15.0 Å². The zero-order valence-electron chi connectivity index (χ0n) is 10.5. The molecule has 2 atom stereocenters. The van der Waals surface area contributed by atoms with Crippen LogP contribution in [0.3, 0.4) is 0 Å². The van der Waals surface area contributed by atoms with Crippen LogP contribution in [0.5, 0.6) is 0 Å². The van der Waals surface area contributed by atoms with Crippen molar-refractivity contribution in [2.45, 2.75) is 19.9 Å². The Kier molecular flexibility index (Phi) is 4.25. The third kappa shape index (κ3) is 3.19. The molecule has 1 heterocycles. The van der Waals surface area contributed by atoms with Crippen LogP contribution in [0.25, 0.3) is 0 Å². The molecule has 0 saturated heterocycles. The van der Waals surface area contributed by atoms with E-state index in [1.54, 1.807) is 14.0 Å². The smallest absolute Gasteiger partial charge is 0.308 e. The molecule has 0 spiro atoms. The van der Waals surface area contributed by atoms with E-state index in [1.165, 1.54) is 29.8 Å². The minimum absolute atomic E-state index is 0.225. The number of pyridine rings is 1. The molecule has 2 unspecified atom stereocenters. The number of rotatable bonds is 4. The molecule has 1 rings (SSSR count). The second-order valence-corrected chi connectivity index (χ2v) is 4.25. The summed E-state index contributed by atoms with van der Waals surface area (Å²) in [6.07, 6.45) is 1.49. The fourth-order valence-electron chi connectivity index (χ4n) is 1.32. The number of amides is 1. The van der Waals surface area contributed by atoms with Crippen molar-refractivity contribution in [2.24, 2.45) is 13.0 Å². The molecule has 0 aliphatic rings. The summed E-state index contributed by atoms with van der Waals surface area (Å²) < 4.78 is 1.35. The predicted octanol–water partition coefficient (Wildman–Crippen LogP) is 0.224. The van der Waals surface area contributed by atoms with Gasteiger partial charge in [-0.05, 0) is 19.9 Å². The van der Waals surface area contributed by atoms with Crippen molar-refractivity contribution in [2.75, 3.05) is 0 Å². The highest BCUT2D eigenvalue weighted by atomic mass is 16.4. The van der Waals surface area contributed by atoms with Gasteiger partial charge in [-0.3, -0.25) is 14.4 Å². The van der Waals surface area contributed by atoms with Gasteiger partial charge in [-0.1, -0.05) is 0 Å². The van der Waals surface area contributed by atoms with E-state index in [2.05, 4.69) is 5.32 Å². The SMILES string of the molecule is CC(NC(=O)c1ccn(C)c(=O)c1)C(C)C(=O)O. The van der Waals surface area contributed by atoms with Crippen LogP contribution in [0.2, 0.25) is 0 Å². The summed E-state index contributed by atoms with van der Waals surface area (Å²) >= 11 is 0. The molecule has 0 aliphatic carbocycles. The van der Waals surface area contributed by atoms with Crippen molar-refractivity contribution in [3.05, 3.63) is 34.2 Å². The van der Waals surface area contributed by atoms with Crippen LogP contribution in [0.4, 0.5) is 0 Å². The molecule has 0 bridgehead atoms. The van der Waals surface area contributed by atoms with Gasteiger partial charge in [0, 0.05) is 30.9 Å². The van der Waals surface area contributed by atoms with E-state index in [-0.39, 0.29) is 11.1 Å².